The molecule has 28 heavy (non-hydrogen) atoms. The van der Waals surface area contributed by atoms with Crippen LogP contribution in [-0.4, -0.2) is 40.1 Å². The molecule has 1 fully saturated rings. The summed E-state index contributed by atoms with van der Waals surface area (Å²) in [5.41, 5.74) is 2.20. The normalized spacial score (nSPS) is 17.4. The van der Waals surface area contributed by atoms with Crippen LogP contribution >= 0.6 is 11.8 Å². The van der Waals surface area contributed by atoms with E-state index in [1.165, 1.54) is 49.4 Å². The van der Waals surface area contributed by atoms with Crippen molar-refractivity contribution >= 4 is 23.4 Å². The van der Waals surface area contributed by atoms with Crippen molar-refractivity contribution in [3.63, 3.8) is 0 Å². The molecule has 4 rings (SSSR count). The number of fused-ring (bicyclic) bond motifs is 1. The van der Waals surface area contributed by atoms with E-state index in [-0.39, 0.29) is 5.91 Å². The van der Waals surface area contributed by atoms with Gasteiger partial charge in [-0.3, -0.25) is 4.79 Å². The van der Waals surface area contributed by atoms with Gasteiger partial charge in [0.25, 0.3) is 0 Å². The summed E-state index contributed by atoms with van der Waals surface area (Å²) in [6, 6.07) is 6.46. The Morgan fingerprint density at radius 1 is 1.21 bits per heavy atom. The van der Waals surface area contributed by atoms with Gasteiger partial charge in [0, 0.05) is 18.3 Å². The quantitative estimate of drug-likeness (QED) is 0.705. The topological polar surface area (TPSA) is 60.2 Å². The van der Waals surface area contributed by atoms with Gasteiger partial charge in [-0.25, -0.2) is 0 Å². The number of methoxy groups -OCH3 is 1. The highest BCUT2D eigenvalue weighted by molar-refractivity contribution is 7.99. The Balaban J connectivity index is 1.46. The van der Waals surface area contributed by atoms with Crippen molar-refractivity contribution < 1.29 is 9.53 Å². The summed E-state index contributed by atoms with van der Waals surface area (Å²) < 4.78 is 7.58. The number of anilines is 1. The molecule has 0 spiro atoms. The van der Waals surface area contributed by atoms with E-state index in [2.05, 4.69) is 14.8 Å². The number of benzene rings is 1. The number of thioether (sulfide) groups is 1. The Bertz CT molecular complexity index is 845. The van der Waals surface area contributed by atoms with Crippen LogP contribution in [0.25, 0.3) is 0 Å². The minimum absolute atomic E-state index is 0.131. The number of rotatable bonds is 5. The van der Waals surface area contributed by atoms with Crippen molar-refractivity contribution in [1.82, 2.24) is 14.8 Å². The number of carbonyl (C=O) groups excluding carboxylic acids is 1. The van der Waals surface area contributed by atoms with Crippen LogP contribution in [0.2, 0.25) is 0 Å². The van der Waals surface area contributed by atoms with Gasteiger partial charge in [-0.1, -0.05) is 31.0 Å². The molecule has 2 aliphatic rings. The van der Waals surface area contributed by atoms with E-state index >= 15 is 0 Å². The number of aromatic nitrogens is 3. The molecule has 1 aliphatic carbocycles. The van der Waals surface area contributed by atoms with Gasteiger partial charge in [-0.15, -0.1) is 10.2 Å². The van der Waals surface area contributed by atoms with Gasteiger partial charge in [0.1, 0.15) is 11.6 Å². The fourth-order valence-corrected chi connectivity index (χ4v) is 5.30. The maximum absolute atomic E-state index is 13.0. The summed E-state index contributed by atoms with van der Waals surface area (Å²) in [4.78, 5) is 14.9. The molecule has 1 aromatic heterocycles. The van der Waals surface area contributed by atoms with E-state index in [1.54, 1.807) is 7.11 Å². The first-order chi connectivity index (χ1) is 13.7. The maximum atomic E-state index is 13.0. The summed E-state index contributed by atoms with van der Waals surface area (Å²) in [5.74, 6) is 2.32. The van der Waals surface area contributed by atoms with Crippen LogP contribution < -0.4 is 9.64 Å². The molecule has 0 saturated heterocycles. The molecule has 7 heteroatoms. The zero-order valence-electron chi connectivity index (χ0n) is 16.7. The Hall–Kier alpha value is -2.02. The largest absolute Gasteiger partial charge is 0.497 e. The number of nitrogens with zero attached hydrogens (tertiary/aromatic N) is 4. The Morgan fingerprint density at radius 2 is 2.04 bits per heavy atom. The van der Waals surface area contributed by atoms with Crippen molar-refractivity contribution in [3.8, 4) is 5.75 Å². The van der Waals surface area contributed by atoms with Crippen molar-refractivity contribution in [3.05, 3.63) is 29.6 Å². The highest BCUT2D eigenvalue weighted by Crippen LogP contribution is 2.34. The Kier molecular flexibility index (Phi) is 5.90. The lowest BCUT2D eigenvalue weighted by atomic mass is 9.95. The molecule has 0 atom stereocenters. The predicted molar refractivity (Wildman–Crippen MR) is 111 cm³/mol. The highest BCUT2D eigenvalue weighted by atomic mass is 32.2. The third-order valence-corrected chi connectivity index (χ3v) is 6.73. The first-order valence-electron chi connectivity index (χ1n) is 10.2. The molecule has 1 aromatic carbocycles. The minimum atomic E-state index is 0.131. The van der Waals surface area contributed by atoms with Crippen LogP contribution in [0.15, 0.2) is 23.4 Å². The predicted octanol–water partition coefficient (Wildman–Crippen LogP) is 4.17. The van der Waals surface area contributed by atoms with Crippen molar-refractivity contribution in [2.24, 2.45) is 0 Å². The molecular formula is C21H28N4O2S. The van der Waals surface area contributed by atoms with Crippen molar-refractivity contribution in [2.45, 2.75) is 63.1 Å². The second-order valence-electron chi connectivity index (χ2n) is 7.62. The Labute approximate surface area is 170 Å². The van der Waals surface area contributed by atoms with Crippen LogP contribution in [0, 0.1) is 6.92 Å². The first kappa shape index (κ1) is 19.3. The summed E-state index contributed by atoms with van der Waals surface area (Å²) in [6.45, 7) is 2.79. The number of hydrogen-bond donors (Lipinski definition) is 0. The summed E-state index contributed by atoms with van der Waals surface area (Å²) in [5, 5.41) is 9.53. The fourth-order valence-electron chi connectivity index (χ4n) is 4.37. The average molecular weight is 401 g/mol. The first-order valence-corrected chi connectivity index (χ1v) is 11.2. The summed E-state index contributed by atoms with van der Waals surface area (Å²) >= 11 is 1.52. The van der Waals surface area contributed by atoms with Crippen LogP contribution in [-0.2, 0) is 11.2 Å². The number of hydrogen-bond acceptors (Lipinski definition) is 5. The van der Waals surface area contributed by atoms with Crippen LogP contribution in [0.4, 0.5) is 5.69 Å². The fraction of sp³-hybridized carbons (Fsp3) is 0.571. The molecule has 150 valence electrons. The molecule has 0 N–H and O–H groups in total. The molecule has 1 aliphatic heterocycles. The van der Waals surface area contributed by atoms with Crippen LogP contribution in [0.1, 0.15) is 56.0 Å². The zero-order valence-corrected chi connectivity index (χ0v) is 17.5. The summed E-state index contributed by atoms with van der Waals surface area (Å²) in [6.07, 6.45) is 8.17. The van der Waals surface area contributed by atoms with Gasteiger partial charge >= 0.3 is 0 Å². The van der Waals surface area contributed by atoms with Gasteiger partial charge in [0.15, 0.2) is 5.16 Å². The standard InChI is InChI=1S/C21H28N4O2S/c1-15-22-23-21(25(15)17-8-4-3-5-9-17)28-14-20(26)24-12-6-7-16-13-18(27-2)10-11-19(16)24/h10-11,13,17H,3-9,12,14H2,1-2H3. The van der Waals surface area contributed by atoms with E-state index in [0.29, 0.717) is 11.8 Å². The van der Waals surface area contributed by atoms with E-state index in [0.717, 1.165) is 41.8 Å². The molecule has 0 radical (unpaired) electrons. The molecule has 2 heterocycles. The monoisotopic (exact) mass is 400 g/mol. The molecule has 0 bridgehead atoms. The third kappa shape index (κ3) is 3.90. The SMILES string of the molecule is COc1ccc2c(c1)CCCN2C(=O)CSc1nnc(C)n1C1CCCCC1. The molecular weight excluding hydrogens is 372 g/mol. The van der Waals surface area contributed by atoms with Crippen LogP contribution in [0.5, 0.6) is 5.75 Å². The molecule has 0 unspecified atom stereocenters. The zero-order chi connectivity index (χ0) is 19.5. The molecule has 1 amide bonds. The van der Waals surface area contributed by atoms with Gasteiger partial charge < -0.3 is 14.2 Å². The number of ether oxygens (including phenoxy) is 1. The van der Waals surface area contributed by atoms with Gasteiger partial charge in [-0.05, 0) is 56.4 Å². The van der Waals surface area contributed by atoms with E-state index in [1.807, 2.05) is 30.0 Å². The van der Waals surface area contributed by atoms with Crippen LogP contribution in [0.3, 0.4) is 0 Å². The molecule has 6 nitrogen and oxygen atoms in total. The van der Waals surface area contributed by atoms with E-state index in [9.17, 15) is 4.79 Å². The van der Waals surface area contributed by atoms with Gasteiger partial charge in [-0.2, -0.15) is 0 Å². The van der Waals surface area contributed by atoms with E-state index < -0.39 is 0 Å². The van der Waals surface area contributed by atoms with Crippen molar-refractivity contribution in [1.29, 1.82) is 0 Å². The second kappa shape index (κ2) is 8.55. The Morgan fingerprint density at radius 3 is 2.82 bits per heavy atom. The second-order valence-corrected chi connectivity index (χ2v) is 8.57. The lowest BCUT2D eigenvalue weighted by molar-refractivity contribution is -0.116. The van der Waals surface area contributed by atoms with Gasteiger partial charge in [0.05, 0.1) is 12.9 Å². The number of carbonyl (C=O) groups is 1. The highest BCUT2D eigenvalue weighted by Gasteiger charge is 2.25. The third-order valence-electron chi connectivity index (χ3n) is 5.81. The molecule has 1 saturated carbocycles. The van der Waals surface area contributed by atoms with Crippen molar-refractivity contribution in [2.75, 3.05) is 24.3 Å². The lowest BCUT2D eigenvalue weighted by Gasteiger charge is -2.30. The smallest absolute Gasteiger partial charge is 0.237 e. The minimum Gasteiger partial charge on any atom is -0.497 e. The number of aryl methyl sites for hydroxylation is 2. The maximum Gasteiger partial charge on any atom is 0.237 e. The molecule has 2 aromatic rings. The summed E-state index contributed by atoms with van der Waals surface area (Å²) in [7, 11) is 1.68. The average Bonchev–Trinajstić information content (AvgIpc) is 3.12. The lowest BCUT2D eigenvalue weighted by Crippen LogP contribution is -2.36. The van der Waals surface area contributed by atoms with E-state index in [4.69, 9.17) is 4.74 Å². The van der Waals surface area contributed by atoms with Gasteiger partial charge in [0.2, 0.25) is 5.91 Å². The number of amides is 1.